The molecule has 0 aromatic carbocycles. The van der Waals surface area contributed by atoms with Gasteiger partial charge in [-0.25, -0.2) is 0 Å². The Hall–Kier alpha value is 0.210. The molecule has 80 valence electrons. The third kappa shape index (κ3) is 6.30. The Morgan fingerprint density at radius 2 is 1.85 bits per heavy atom. The summed E-state index contributed by atoms with van der Waals surface area (Å²) in [7, 11) is 0. The van der Waals surface area contributed by atoms with E-state index in [0.29, 0.717) is 0 Å². The van der Waals surface area contributed by atoms with E-state index in [4.69, 9.17) is 0 Å². The van der Waals surface area contributed by atoms with Crippen molar-refractivity contribution in [3.63, 3.8) is 0 Å². The fraction of sp³-hybridized carbons (Fsp3) is 0.900. The molecule has 13 heavy (non-hydrogen) atoms. The number of hydrogen-bond acceptors (Lipinski definition) is 2. The first-order chi connectivity index (χ1) is 5.79. The van der Waals surface area contributed by atoms with Crippen LogP contribution in [0.4, 0.5) is 0 Å². The van der Waals surface area contributed by atoms with E-state index in [9.17, 15) is 9.90 Å². The quantitative estimate of drug-likeness (QED) is 0.730. The van der Waals surface area contributed by atoms with Crippen LogP contribution in [0.5, 0.6) is 0 Å². The molecule has 0 saturated heterocycles. The number of carboxylic acids is 1. The Morgan fingerprint density at radius 3 is 2.38 bits per heavy atom. The molecule has 1 rings (SSSR count). The third-order valence-corrected chi connectivity index (χ3v) is 2.72. The van der Waals surface area contributed by atoms with E-state index in [1.54, 1.807) is 0 Å². The van der Waals surface area contributed by atoms with Gasteiger partial charge in [0, 0.05) is 5.97 Å². The van der Waals surface area contributed by atoms with Gasteiger partial charge in [-0.15, -0.1) is 0 Å². The second-order valence-electron chi connectivity index (χ2n) is 3.77. The summed E-state index contributed by atoms with van der Waals surface area (Å²) in [6.45, 7) is 0. The number of hydrogen-bond donors (Lipinski definition) is 0. The zero-order valence-corrected chi connectivity index (χ0v) is 9.33. The molecule has 0 radical (unpaired) electrons. The molecule has 1 aliphatic rings. The van der Waals surface area contributed by atoms with Gasteiger partial charge in [-0.3, -0.25) is 0 Å². The van der Waals surface area contributed by atoms with Gasteiger partial charge in [-0.05, 0) is 18.8 Å². The molecule has 0 aromatic rings. The average Bonchev–Trinajstić information content (AvgIpc) is 2.05. The first-order valence-corrected chi connectivity index (χ1v) is 4.99. The van der Waals surface area contributed by atoms with Crippen LogP contribution >= 0.6 is 0 Å². The molecule has 2 nitrogen and oxygen atoms in total. The van der Waals surface area contributed by atoms with Crippen molar-refractivity contribution >= 4 is 5.97 Å². The fourth-order valence-corrected chi connectivity index (χ4v) is 2.01. The molecule has 0 unspecified atom stereocenters. The molecule has 0 atom stereocenters. The van der Waals surface area contributed by atoms with Crippen LogP contribution in [0.15, 0.2) is 0 Å². The number of rotatable bonds is 4. The van der Waals surface area contributed by atoms with Crippen LogP contribution in [0.25, 0.3) is 0 Å². The molecule has 1 saturated carbocycles. The molecular formula is C10H17AgO2. The van der Waals surface area contributed by atoms with E-state index in [2.05, 4.69) is 0 Å². The molecule has 0 aromatic heterocycles. The van der Waals surface area contributed by atoms with Crippen LogP contribution in [0.2, 0.25) is 0 Å². The monoisotopic (exact) mass is 276 g/mol. The fourth-order valence-electron chi connectivity index (χ4n) is 2.01. The van der Waals surface area contributed by atoms with Crippen molar-refractivity contribution in [2.45, 2.75) is 51.4 Å². The van der Waals surface area contributed by atoms with Crippen LogP contribution in [0.3, 0.4) is 0 Å². The molecule has 0 bridgehead atoms. The molecule has 0 heterocycles. The Bertz CT molecular complexity index is 142. The van der Waals surface area contributed by atoms with Gasteiger partial charge in [-0.2, -0.15) is 0 Å². The predicted molar refractivity (Wildman–Crippen MR) is 45.4 cm³/mol. The zero-order valence-electron chi connectivity index (χ0n) is 7.85. The molecule has 3 heteroatoms. The van der Waals surface area contributed by atoms with Gasteiger partial charge >= 0.3 is 22.4 Å². The largest absolute Gasteiger partial charge is 1.00 e. The smallest absolute Gasteiger partial charge is 0.550 e. The Labute approximate surface area is 95.6 Å². The normalized spacial score (nSPS) is 17.8. The first kappa shape index (κ1) is 13.2. The number of carboxylic acid groups (broad SMARTS) is 1. The number of carbonyl (C=O) groups excluding carboxylic acids is 1. The van der Waals surface area contributed by atoms with E-state index in [1.165, 1.54) is 32.1 Å². The molecule has 1 aliphatic carbocycles. The topological polar surface area (TPSA) is 40.1 Å². The van der Waals surface area contributed by atoms with Gasteiger partial charge in [0.05, 0.1) is 0 Å². The summed E-state index contributed by atoms with van der Waals surface area (Å²) in [5.41, 5.74) is 0. The summed E-state index contributed by atoms with van der Waals surface area (Å²) in [4.78, 5) is 10.1. The number of aliphatic carboxylic acids is 1. The SMILES string of the molecule is O=C([O-])CCCC1CCCCC1.[Ag+]. The average molecular weight is 277 g/mol. The van der Waals surface area contributed by atoms with E-state index < -0.39 is 5.97 Å². The van der Waals surface area contributed by atoms with Gasteiger partial charge in [0.1, 0.15) is 0 Å². The van der Waals surface area contributed by atoms with Gasteiger partial charge < -0.3 is 9.90 Å². The van der Waals surface area contributed by atoms with E-state index in [1.807, 2.05) is 0 Å². The van der Waals surface area contributed by atoms with E-state index in [-0.39, 0.29) is 28.8 Å². The Kier molecular flexibility index (Phi) is 7.72. The van der Waals surface area contributed by atoms with Crippen LogP contribution in [0, 0.1) is 5.92 Å². The van der Waals surface area contributed by atoms with Gasteiger partial charge in [0.25, 0.3) is 0 Å². The molecule has 0 amide bonds. The predicted octanol–water partition coefficient (Wildman–Crippen LogP) is 1.48. The van der Waals surface area contributed by atoms with Crippen molar-refractivity contribution < 1.29 is 32.3 Å². The summed E-state index contributed by atoms with van der Waals surface area (Å²) in [5.74, 6) is -0.0936. The summed E-state index contributed by atoms with van der Waals surface area (Å²) in [6.07, 6.45) is 8.83. The second-order valence-corrected chi connectivity index (χ2v) is 3.77. The van der Waals surface area contributed by atoms with Gasteiger partial charge in [0.15, 0.2) is 0 Å². The Morgan fingerprint density at radius 1 is 1.23 bits per heavy atom. The molecule has 1 fully saturated rings. The summed E-state index contributed by atoms with van der Waals surface area (Å²) in [5, 5.41) is 10.1. The van der Waals surface area contributed by atoms with Crippen molar-refractivity contribution in [1.29, 1.82) is 0 Å². The standard InChI is InChI=1S/C10H18O2.Ag/c11-10(12)8-4-7-9-5-2-1-3-6-9;/h9H,1-8H2,(H,11,12);/q;+1/p-1. The van der Waals surface area contributed by atoms with Crippen molar-refractivity contribution in [2.75, 3.05) is 0 Å². The summed E-state index contributed by atoms with van der Waals surface area (Å²) < 4.78 is 0. The minimum atomic E-state index is -0.897. The molecule has 0 spiro atoms. The van der Waals surface area contributed by atoms with Crippen LogP contribution in [0.1, 0.15) is 51.4 Å². The van der Waals surface area contributed by atoms with Crippen molar-refractivity contribution in [2.24, 2.45) is 5.92 Å². The number of carbonyl (C=O) groups is 1. The van der Waals surface area contributed by atoms with E-state index in [0.717, 1.165) is 18.8 Å². The van der Waals surface area contributed by atoms with Crippen molar-refractivity contribution in [3.05, 3.63) is 0 Å². The maximum atomic E-state index is 10.1. The summed E-state index contributed by atoms with van der Waals surface area (Å²) in [6, 6.07) is 0. The van der Waals surface area contributed by atoms with Crippen molar-refractivity contribution in [3.8, 4) is 0 Å². The summed E-state index contributed by atoms with van der Waals surface area (Å²) >= 11 is 0. The van der Waals surface area contributed by atoms with Crippen LogP contribution in [-0.4, -0.2) is 5.97 Å². The third-order valence-electron chi connectivity index (χ3n) is 2.72. The maximum Gasteiger partial charge on any atom is 1.00 e. The second kappa shape index (κ2) is 7.60. The molecule has 0 aliphatic heterocycles. The van der Waals surface area contributed by atoms with Crippen LogP contribution < -0.4 is 5.11 Å². The Balaban J connectivity index is 0.00000144. The minimum Gasteiger partial charge on any atom is -0.550 e. The zero-order chi connectivity index (χ0) is 8.81. The van der Waals surface area contributed by atoms with Gasteiger partial charge in [0.2, 0.25) is 0 Å². The van der Waals surface area contributed by atoms with Crippen LogP contribution in [-0.2, 0) is 27.2 Å². The molecule has 0 N–H and O–H groups in total. The van der Waals surface area contributed by atoms with Crippen molar-refractivity contribution in [1.82, 2.24) is 0 Å². The maximum absolute atomic E-state index is 10.1. The molecular weight excluding hydrogens is 260 g/mol. The first-order valence-electron chi connectivity index (χ1n) is 4.99. The van der Waals surface area contributed by atoms with Gasteiger partial charge in [-0.1, -0.05) is 38.5 Å². The minimum absolute atomic E-state index is 0. The van der Waals surface area contributed by atoms with E-state index >= 15 is 0 Å².